The van der Waals surface area contributed by atoms with Crippen LogP contribution in [0.4, 0.5) is 15.9 Å². The number of aromatic carboxylic acids is 1. The van der Waals surface area contributed by atoms with E-state index in [0.29, 0.717) is 22.7 Å². The molecule has 0 spiro atoms. The highest BCUT2D eigenvalue weighted by Crippen LogP contribution is 2.38. The fourth-order valence-corrected chi connectivity index (χ4v) is 3.25. The number of fused-ring (bicyclic) bond motifs is 1. The van der Waals surface area contributed by atoms with E-state index in [1.165, 1.54) is 23.8 Å². The molecule has 0 saturated carbocycles. The maximum atomic E-state index is 14.5. The third kappa shape index (κ3) is 2.56. The smallest absolute Gasteiger partial charge is 0.340 e. The van der Waals surface area contributed by atoms with Gasteiger partial charge in [-0.1, -0.05) is 0 Å². The number of carboxylic acid groups (broad SMARTS) is 1. The van der Waals surface area contributed by atoms with Gasteiger partial charge in [0, 0.05) is 28.3 Å². The Balaban J connectivity index is 2.57. The second-order valence-corrected chi connectivity index (χ2v) is 6.14. The molecule has 3 rings (SSSR count). The summed E-state index contributed by atoms with van der Waals surface area (Å²) in [6, 6.07) is 2.71. The number of aromatic nitrogens is 2. The Morgan fingerprint density at radius 3 is 2.56 bits per heavy atom. The van der Waals surface area contributed by atoms with Gasteiger partial charge in [0.2, 0.25) is 5.69 Å². The molecular weight excluding hydrogens is 351 g/mol. The van der Waals surface area contributed by atoms with Crippen LogP contribution in [-0.2, 0) is 0 Å². The largest absolute Gasteiger partial charge is 0.496 e. The number of methoxy groups -OCH3 is 1. The number of carboxylic acids is 1. The molecule has 1 aromatic carbocycles. The fraction of sp³-hybridized carbons (Fsp3) is 0.211. The van der Waals surface area contributed by atoms with E-state index >= 15 is 0 Å². The summed E-state index contributed by atoms with van der Waals surface area (Å²) in [4.78, 5) is 19.6. The molecule has 0 aliphatic carbocycles. The molecular formula is C19H17FN4O3. The van der Waals surface area contributed by atoms with Gasteiger partial charge >= 0.3 is 5.97 Å². The minimum absolute atomic E-state index is 0.0922. The molecule has 0 amide bonds. The van der Waals surface area contributed by atoms with E-state index < -0.39 is 11.8 Å². The van der Waals surface area contributed by atoms with E-state index in [9.17, 15) is 14.3 Å². The number of carbonyl (C=O) groups is 1. The molecule has 0 fully saturated rings. The summed E-state index contributed by atoms with van der Waals surface area (Å²) >= 11 is 0. The number of nitrogens with zero attached hydrogens (tertiary/aromatic N) is 3. The number of hydrogen-bond donors (Lipinski definition) is 2. The molecule has 0 atom stereocenters. The summed E-state index contributed by atoms with van der Waals surface area (Å²) in [6.45, 7) is 12.2. The second-order valence-electron chi connectivity index (χ2n) is 6.14. The minimum Gasteiger partial charge on any atom is -0.496 e. The first-order valence-electron chi connectivity index (χ1n) is 7.99. The van der Waals surface area contributed by atoms with Gasteiger partial charge in [-0.05, 0) is 26.8 Å². The molecule has 0 aliphatic heterocycles. The van der Waals surface area contributed by atoms with E-state index in [-0.39, 0.29) is 33.7 Å². The lowest BCUT2D eigenvalue weighted by molar-refractivity contribution is 0.0700. The molecule has 3 N–H and O–H groups in total. The van der Waals surface area contributed by atoms with Gasteiger partial charge in [0.15, 0.2) is 0 Å². The molecule has 8 heteroatoms. The number of ether oxygens (including phenoxy) is 1. The Labute approximate surface area is 154 Å². The third-order valence-corrected chi connectivity index (χ3v) is 4.62. The molecule has 7 nitrogen and oxygen atoms in total. The highest BCUT2D eigenvalue weighted by atomic mass is 19.1. The van der Waals surface area contributed by atoms with Crippen molar-refractivity contribution in [1.29, 1.82) is 0 Å². The van der Waals surface area contributed by atoms with Crippen molar-refractivity contribution in [3.05, 3.63) is 51.8 Å². The Morgan fingerprint density at radius 1 is 1.33 bits per heavy atom. The number of aryl methyl sites for hydroxylation is 1. The molecule has 0 bridgehead atoms. The Morgan fingerprint density at radius 2 is 2.00 bits per heavy atom. The Hall–Kier alpha value is -3.60. The van der Waals surface area contributed by atoms with Gasteiger partial charge in [0.1, 0.15) is 28.6 Å². The zero-order chi connectivity index (χ0) is 20.0. The van der Waals surface area contributed by atoms with Crippen LogP contribution in [0.25, 0.3) is 21.6 Å². The highest BCUT2D eigenvalue weighted by molar-refractivity contribution is 6.09. The average molecular weight is 368 g/mol. The molecule has 3 aromatic rings. The summed E-state index contributed by atoms with van der Waals surface area (Å²) in [5, 5.41) is 9.87. The molecule has 0 aliphatic rings. The molecule has 0 unspecified atom stereocenters. The average Bonchev–Trinajstić information content (AvgIpc) is 2.89. The first-order chi connectivity index (χ1) is 12.7. The van der Waals surface area contributed by atoms with Crippen LogP contribution >= 0.6 is 0 Å². The van der Waals surface area contributed by atoms with Crippen molar-refractivity contribution in [3.8, 4) is 11.4 Å². The number of pyridine rings is 1. The van der Waals surface area contributed by atoms with Crippen molar-refractivity contribution in [3.63, 3.8) is 0 Å². The lowest BCUT2D eigenvalue weighted by Gasteiger charge is -2.17. The SMILES string of the molecule is [C-]#[N+]c1cc2c(C(=O)O)c(N)n(-c3c(C)c(F)cc(OC)c3C)c2nc1C. The van der Waals surface area contributed by atoms with Gasteiger partial charge in [-0.25, -0.2) is 19.0 Å². The van der Waals surface area contributed by atoms with Crippen LogP contribution in [0.1, 0.15) is 27.2 Å². The second kappa shape index (κ2) is 6.29. The highest BCUT2D eigenvalue weighted by Gasteiger charge is 2.26. The van der Waals surface area contributed by atoms with Gasteiger partial charge in [-0.2, -0.15) is 0 Å². The maximum Gasteiger partial charge on any atom is 0.340 e. The molecule has 138 valence electrons. The van der Waals surface area contributed by atoms with E-state index in [0.717, 1.165) is 0 Å². The van der Waals surface area contributed by atoms with Crippen LogP contribution in [0.3, 0.4) is 0 Å². The number of halogens is 1. The summed E-state index contributed by atoms with van der Waals surface area (Å²) < 4.78 is 21.1. The van der Waals surface area contributed by atoms with E-state index in [1.54, 1.807) is 20.8 Å². The van der Waals surface area contributed by atoms with Crippen molar-refractivity contribution >= 4 is 28.5 Å². The lowest BCUT2D eigenvalue weighted by atomic mass is 10.1. The number of nitrogens with two attached hydrogens (primary N) is 1. The molecule has 2 heterocycles. The number of benzene rings is 1. The third-order valence-electron chi connectivity index (χ3n) is 4.62. The predicted molar refractivity (Wildman–Crippen MR) is 99.4 cm³/mol. The van der Waals surface area contributed by atoms with Crippen LogP contribution < -0.4 is 10.5 Å². The normalized spacial score (nSPS) is 10.8. The predicted octanol–water partition coefficient (Wildman–Crippen LogP) is 3.93. The Bertz CT molecular complexity index is 1160. The van der Waals surface area contributed by atoms with Crippen molar-refractivity contribution in [2.75, 3.05) is 12.8 Å². The van der Waals surface area contributed by atoms with Crippen molar-refractivity contribution in [2.45, 2.75) is 20.8 Å². The van der Waals surface area contributed by atoms with Crippen LogP contribution in [-0.4, -0.2) is 27.7 Å². The van der Waals surface area contributed by atoms with Crippen LogP contribution in [0.2, 0.25) is 0 Å². The van der Waals surface area contributed by atoms with Crippen LogP contribution in [0, 0.1) is 33.2 Å². The van der Waals surface area contributed by atoms with Crippen LogP contribution in [0.5, 0.6) is 5.75 Å². The van der Waals surface area contributed by atoms with E-state index in [2.05, 4.69) is 9.83 Å². The van der Waals surface area contributed by atoms with Crippen molar-refractivity contribution < 1.29 is 19.0 Å². The summed E-state index contributed by atoms with van der Waals surface area (Å²) in [6.07, 6.45) is 0. The number of rotatable bonds is 3. The minimum atomic E-state index is -1.25. The molecule has 2 aromatic heterocycles. The van der Waals surface area contributed by atoms with Gasteiger partial charge in [-0.15, -0.1) is 0 Å². The number of anilines is 1. The first kappa shape index (κ1) is 18.2. The summed E-state index contributed by atoms with van der Waals surface area (Å²) in [5.74, 6) is -1.55. The molecule has 0 saturated heterocycles. The maximum absolute atomic E-state index is 14.5. The number of nitrogen functional groups attached to an aromatic ring is 1. The quantitative estimate of drug-likeness (QED) is 0.683. The zero-order valence-electron chi connectivity index (χ0n) is 15.2. The first-order valence-corrected chi connectivity index (χ1v) is 7.99. The number of hydrogen-bond acceptors (Lipinski definition) is 4. The van der Waals surface area contributed by atoms with Gasteiger partial charge < -0.3 is 15.6 Å². The molecule has 0 radical (unpaired) electrons. The zero-order valence-corrected chi connectivity index (χ0v) is 15.2. The van der Waals surface area contributed by atoms with Crippen molar-refractivity contribution in [2.24, 2.45) is 0 Å². The van der Waals surface area contributed by atoms with Gasteiger partial charge in [0.25, 0.3) is 0 Å². The lowest BCUT2D eigenvalue weighted by Crippen LogP contribution is -2.09. The summed E-state index contributed by atoms with van der Waals surface area (Å²) in [5.41, 5.74) is 8.13. The van der Waals surface area contributed by atoms with Gasteiger partial charge in [-0.3, -0.25) is 4.57 Å². The molecule has 27 heavy (non-hydrogen) atoms. The van der Waals surface area contributed by atoms with Crippen molar-refractivity contribution in [1.82, 2.24) is 9.55 Å². The standard InChI is InChI=1S/C19H17FN4O3/c1-8-12(20)7-14(27-5)9(2)16(8)24-17(21)15(19(25)26)11-6-13(22-4)10(3)23-18(11)24/h6-7H,21H2,1-3,5H3,(H,25,26). The van der Waals surface area contributed by atoms with Crippen LogP contribution in [0.15, 0.2) is 12.1 Å². The van der Waals surface area contributed by atoms with E-state index in [4.69, 9.17) is 17.0 Å². The van der Waals surface area contributed by atoms with E-state index in [1.807, 2.05) is 0 Å². The topological polar surface area (TPSA) is 94.7 Å². The van der Waals surface area contributed by atoms with Gasteiger partial charge in [0.05, 0.1) is 19.4 Å². The Kier molecular flexibility index (Phi) is 4.24. The fourth-order valence-electron chi connectivity index (χ4n) is 3.25. The monoisotopic (exact) mass is 368 g/mol. The summed E-state index contributed by atoms with van der Waals surface area (Å²) in [7, 11) is 1.42.